The SMILES string of the molecule is COC(=O)C1(Cc2ccc(F)cc2)CCCN(C)C1.Cl. The Morgan fingerprint density at radius 3 is 2.60 bits per heavy atom. The second-order valence-electron chi connectivity index (χ2n) is 5.42. The molecule has 1 saturated heterocycles. The third kappa shape index (κ3) is 3.70. The van der Waals surface area contributed by atoms with E-state index in [9.17, 15) is 9.18 Å². The second-order valence-corrected chi connectivity index (χ2v) is 5.42. The summed E-state index contributed by atoms with van der Waals surface area (Å²) in [6, 6.07) is 6.36. The molecule has 1 aromatic rings. The molecule has 0 bridgehead atoms. The molecule has 0 aromatic heterocycles. The zero-order valence-electron chi connectivity index (χ0n) is 11.9. The van der Waals surface area contributed by atoms with Crippen molar-refractivity contribution < 1.29 is 13.9 Å². The summed E-state index contributed by atoms with van der Waals surface area (Å²) in [5, 5.41) is 0. The lowest BCUT2D eigenvalue weighted by Gasteiger charge is -2.39. The molecule has 0 N–H and O–H groups in total. The molecule has 1 atom stereocenters. The van der Waals surface area contributed by atoms with Crippen molar-refractivity contribution in [3.63, 3.8) is 0 Å². The molecule has 3 nitrogen and oxygen atoms in total. The van der Waals surface area contributed by atoms with Gasteiger partial charge in [-0.3, -0.25) is 4.79 Å². The van der Waals surface area contributed by atoms with Gasteiger partial charge in [0, 0.05) is 6.54 Å². The molecule has 1 aliphatic heterocycles. The van der Waals surface area contributed by atoms with Gasteiger partial charge in [-0.05, 0) is 50.6 Å². The van der Waals surface area contributed by atoms with Crippen LogP contribution in [0.1, 0.15) is 18.4 Å². The van der Waals surface area contributed by atoms with Gasteiger partial charge in [0.05, 0.1) is 12.5 Å². The van der Waals surface area contributed by atoms with E-state index in [2.05, 4.69) is 4.90 Å². The topological polar surface area (TPSA) is 29.5 Å². The molecule has 1 fully saturated rings. The third-order valence-electron chi connectivity index (χ3n) is 3.84. The highest BCUT2D eigenvalue weighted by Crippen LogP contribution is 2.34. The van der Waals surface area contributed by atoms with E-state index < -0.39 is 5.41 Å². The molecule has 1 unspecified atom stereocenters. The zero-order valence-corrected chi connectivity index (χ0v) is 12.7. The van der Waals surface area contributed by atoms with Crippen molar-refractivity contribution in [3.05, 3.63) is 35.6 Å². The minimum absolute atomic E-state index is 0. The molecule has 0 aliphatic carbocycles. The van der Waals surface area contributed by atoms with Crippen molar-refractivity contribution in [1.29, 1.82) is 0 Å². The van der Waals surface area contributed by atoms with Crippen molar-refractivity contribution in [2.24, 2.45) is 5.41 Å². The maximum Gasteiger partial charge on any atom is 0.313 e. The summed E-state index contributed by atoms with van der Waals surface area (Å²) in [6.45, 7) is 1.69. The first-order valence-corrected chi connectivity index (χ1v) is 6.57. The monoisotopic (exact) mass is 301 g/mol. The van der Waals surface area contributed by atoms with Crippen molar-refractivity contribution in [2.75, 3.05) is 27.2 Å². The van der Waals surface area contributed by atoms with E-state index in [0.29, 0.717) is 13.0 Å². The van der Waals surface area contributed by atoms with Crippen molar-refractivity contribution >= 4 is 18.4 Å². The molecule has 0 amide bonds. The second kappa shape index (κ2) is 7.04. The highest BCUT2D eigenvalue weighted by Gasteiger charge is 2.42. The Balaban J connectivity index is 0.00000200. The fraction of sp³-hybridized carbons (Fsp3) is 0.533. The van der Waals surface area contributed by atoms with Crippen LogP contribution in [0.5, 0.6) is 0 Å². The number of carbonyl (C=O) groups is 1. The van der Waals surface area contributed by atoms with E-state index in [1.165, 1.54) is 19.2 Å². The van der Waals surface area contributed by atoms with Gasteiger partial charge in [-0.15, -0.1) is 12.4 Å². The van der Waals surface area contributed by atoms with Crippen LogP contribution in [-0.4, -0.2) is 38.1 Å². The minimum Gasteiger partial charge on any atom is -0.469 e. The number of nitrogens with zero attached hydrogens (tertiary/aromatic N) is 1. The third-order valence-corrected chi connectivity index (χ3v) is 3.84. The Morgan fingerprint density at radius 1 is 1.40 bits per heavy atom. The van der Waals surface area contributed by atoms with Gasteiger partial charge < -0.3 is 9.64 Å². The highest BCUT2D eigenvalue weighted by atomic mass is 35.5. The molecule has 112 valence electrons. The van der Waals surface area contributed by atoms with Crippen LogP contribution in [0.4, 0.5) is 4.39 Å². The first-order valence-electron chi connectivity index (χ1n) is 6.57. The van der Waals surface area contributed by atoms with E-state index in [1.54, 1.807) is 12.1 Å². The number of methoxy groups -OCH3 is 1. The fourth-order valence-corrected chi connectivity index (χ4v) is 2.95. The number of halogens is 2. The summed E-state index contributed by atoms with van der Waals surface area (Å²) in [7, 11) is 3.45. The van der Waals surface area contributed by atoms with Gasteiger partial charge in [-0.1, -0.05) is 12.1 Å². The lowest BCUT2D eigenvalue weighted by atomic mass is 9.75. The number of carbonyl (C=O) groups excluding carboxylic acids is 1. The number of hydrogen-bond acceptors (Lipinski definition) is 3. The Kier molecular flexibility index (Phi) is 5.96. The number of esters is 1. The minimum atomic E-state index is -0.500. The molecule has 1 heterocycles. The first-order chi connectivity index (χ1) is 9.05. The number of benzene rings is 1. The van der Waals surface area contributed by atoms with E-state index in [1.807, 2.05) is 7.05 Å². The van der Waals surface area contributed by atoms with Crippen LogP contribution >= 0.6 is 12.4 Å². The van der Waals surface area contributed by atoms with Gasteiger partial charge in [0.15, 0.2) is 0 Å². The van der Waals surface area contributed by atoms with Crippen LogP contribution in [-0.2, 0) is 16.0 Å². The quantitative estimate of drug-likeness (QED) is 0.804. The molecular formula is C15H21ClFNO2. The molecule has 0 saturated carbocycles. The molecule has 1 aliphatic rings. The molecule has 2 rings (SSSR count). The van der Waals surface area contributed by atoms with Crippen LogP contribution in [0.15, 0.2) is 24.3 Å². The van der Waals surface area contributed by atoms with Crippen molar-refractivity contribution in [1.82, 2.24) is 4.90 Å². The van der Waals surface area contributed by atoms with Gasteiger partial charge in [0.1, 0.15) is 5.82 Å². The standard InChI is InChI=1S/C15H20FNO2.ClH/c1-17-9-3-8-15(11-17,14(18)19-2)10-12-4-6-13(16)7-5-12;/h4-7H,3,8-11H2,1-2H3;1H. The molecule has 5 heteroatoms. The van der Waals surface area contributed by atoms with Crippen LogP contribution in [0, 0.1) is 11.2 Å². The molecule has 1 aromatic carbocycles. The molecular weight excluding hydrogens is 281 g/mol. The first kappa shape index (κ1) is 16.9. The van der Waals surface area contributed by atoms with Gasteiger partial charge in [0.2, 0.25) is 0 Å². The van der Waals surface area contributed by atoms with Gasteiger partial charge in [0.25, 0.3) is 0 Å². The number of ether oxygens (including phenoxy) is 1. The van der Waals surface area contributed by atoms with Crippen LogP contribution in [0.3, 0.4) is 0 Å². The average molecular weight is 302 g/mol. The number of likely N-dealkylation sites (tertiary alicyclic amines) is 1. The fourth-order valence-electron chi connectivity index (χ4n) is 2.95. The summed E-state index contributed by atoms with van der Waals surface area (Å²) >= 11 is 0. The van der Waals surface area contributed by atoms with Crippen molar-refractivity contribution in [2.45, 2.75) is 19.3 Å². The lowest BCUT2D eigenvalue weighted by molar-refractivity contribution is -0.156. The Labute approximate surface area is 125 Å². The number of hydrogen-bond donors (Lipinski definition) is 0. The van der Waals surface area contributed by atoms with Gasteiger partial charge in [-0.2, -0.15) is 0 Å². The predicted octanol–water partition coefficient (Wildman–Crippen LogP) is 2.68. The molecule has 0 spiro atoms. The summed E-state index contributed by atoms with van der Waals surface area (Å²) in [6.07, 6.45) is 2.40. The van der Waals surface area contributed by atoms with Crippen LogP contribution < -0.4 is 0 Å². The largest absolute Gasteiger partial charge is 0.469 e. The maximum atomic E-state index is 12.9. The highest BCUT2D eigenvalue weighted by molar-refractivity contribution is 5.85. The summed E-state index contributed by atoms with van der Waals surface area (Å²) in [4.78, 5) is 14.3. The van der Waals surface area contributed by atoms with Crippen molar-refractivity contribution in [3.8, 4) is 0 Å². The number of piperidine rings is 1. The van der Waals surface area contributed by atoms with E-state index in [4.69, 9.17) is 4.74 Å². The summed E-state index contributed by atoms with van der Waals surface area (Å²) in [5.74, 6) is -0.417. The lowest BCUT2D eigenvalue weighted by Crippen LogP contribution is -2.48. The normalized spacial score (nSPS) is 22.9. The maximum absolute atomic E-state index is 12.9. The van der Waals surface area contributed by atoms with E-state index in [-0.39, 0.29) is 24.2 Å². The average Bonchev–Trinajstić information content (AvgIpc) is 2.40. The summed E-state index contributed by atoms with van der Waals surface area (Å²) in [5.41, 5.74) is 0.474. The Morgan fingerprint density at radius 2 is 2.05 bits per heavy atom. The summed E-state index contributed by atoms with van der Waals surface area (Å²) < 4.78 is 17.9. The predicted molar refractivity (Wildman–Crippen MR) is 78.5 cm³/mol. The van der Waals surface area contributed by atoms with Crippen LogP contribution in [0.25, 0.3) is 0 Å². The zero-order chi connectivity index (χ0) is 13.9. The van der Waals surface area contributed by atoms with E-state index in [0.717, 1.165) is 24.9 Å². The van der Waals surface area contributed by atoms with E-state index >= 15 is 0 Å². The van der Waals surface area contributed by atoms with Gasteiger partial charge >= 0.3 is 5.97 Å². The van der Waals surface area contributed by atoms with Gasteiger partial charge in [-0.25, -0.2) is 4.39 Å². The number of rotatable bonds is 3. The van der Waals surface area contributed by atoms with Crippen LogP contribution in [0.2, 0.25) is 0 Å². The molecule has 20 heavy (non-hydrogen) atoms. The Hall–Kier alpha value is -1.13. The Bertz CT molecular complexity index is 452. The smallest absolute Gasteiger partial charge is 0.313 e. The molecule has 0 radical (unpaired) electrons.